The van der Waals surface area contributed by atoms with Gasteiger partial charge in [0.2, 0.25) is 15.9 Å². The SMILES string of the molecule is Cc1cccnc1[C@@H](Cc1ccsc1)NS(=O)(=O)c1ccc(N2CCCC2=O)cc1. The molecule has 0 bridgehead atoms. The number of anilines is 1. The van der Waals surface area contributed by atoms with E-state index in [-0.39, 0.29) is 10.8 Å². The quantitative estimate of drug-likeness (QED) is 0.604. The van der Waals surface area contributed by atoms with E-state index in [1.165, 1.54) is 0 Å². The van der Waals surface area contributed by atoms with Crippen LogP contribution in [0.15, 0.2) is 64.3 Å². The molecule has 0 aliphatic carbocycles. The number of carbonyl (C=O) groups is 1. The average Bonchev–Trinajstić information content (AvgIpc) is 3.39. The largest absolute Gasteiger partial charge is 0.312 e. The third-order valence-electron chi connectivity index (χ3n) is 5.23. The van der Waals surface area contributed by atoms with Gasteiger partial charge < -0.3 is 4.90 Å². The number of hydrogen-bond acceptors (Lipinski definition) is 5. The van der Waals surface area contributed by atoms with E-state index in [4.69, 9.17) is 0 Å². The zero-order chi connectivity index (χ0) is 21.1. The van der Waals surface area contributed by atoms with Crippen LogP contribution in [-0.4, -0.2) is 25.9 Å². The van der Waals surface area contributed by atoms with Crippen molar-refractivity contribution < 1.29 is 13.2 Å². The van der Waals surface area contributed by atoms with Gasteiger partial charge in [-0.05, 0) is 78.1 Å². The molecule has 1 N–H and O–H groups in total. The van der Waals surface area contributed by atoms with E-state index < -0.39 is 16.1 Å². The molecule has 8 heteroatoms. The molecule has 1 aliphatic rings. The Bertz CT molecular complexity index is 1130. The Morgan fingerprint density at radius 1 is 1.20 bits per heavy atom. The van der Waals surface area contributed by atoms with E-state index in [9.17, 15) is 13.2 Å². The second-order valence-electron chi connectivity index (χ2n) is 7.36. The van der Waals surface area contributed by atoms with E-state index in [0.29, 0.717) is 25.1 Å². The molecule has 0 spiro atoms. The van der Waals surface area contributed by atoms with Crippen molar-refractivity contribution in [2.75, 3.05) is 11.4 Å². The highest BCUT2D eigenvalue weighted by molar-refractivity contribution is 7.89. The first-order chi connectivity index (χ1) is 14.4. The number of aryl methyl sites for hydroxylation is 1. The minimum Gasteiger partial charge on any atom is -0.312 e. The fourth-order valence-corrected chi connectivity index (χ4v) is 5.56. The van der Waals surface area contributed by atoms with Crippen LogP contribution in [0.25, 0.3) is 0 Å². The van der Waals surface area contributed by atoms with Crippen LogP contribution in [0.2, 0.25) is 0 Å². The van der Waals surface area contributed by atoms with Gasteiger partial charge in [0.05, 0.1) is 16.6 Å². The van der Waals surface area contributed by atoms with Gasteiger partial charge in [-0.3, -0.25) is 9.78 Å². The standard InChI is InChI=1S/C22H23N3O3S2/c1-16-4-2-11-23-22(16)20(14-17-10-13-29-15-17)24-30(27,28)19-8-6-18(7-9-19)25-12-3-5-21(25)26/h2,4,6-11,13,15,20,24H,3,5,12,14H2,1H3/t20-/m1/s1. The lowest BCUT2D eigenvalue weighted by atomic mass is 10.0. The molecule has 1 fully saturated rings. The van der Waals surface area contributed by atoms with E-state index in [2.05, 4.69) is 9.71 Å². The molecule has 156 valence electrons. The first kappa shape index (κ1) is 20.7. The minimum absolute atomic E-state index is 0.0742. The Morgan fingerprint density at radius 3 is 2.63 bits per heavy atom. The van der Waals surface area contributed by atoms with Crippen LogP contribution in [0, 0.1) is 6.92 Å². The van der Waals surface area contributed by atoms with Crippen LogP contribution in [0.3, 0.4) is 0 Å². The number of nitrogens with one attached hydrogen (secondary N) is 1. The van der Waals surface area contributed by atoms with Crippen LogP contribution < -0.4 is 9.62 Å². The number of thiophene rings is 1. The van der Waals surface area contributed by atoms with Gasteiger partial charge in [-0.1, -0.05) is 6.07 Å². The molecule has 1 amide bonds. The van der Waals surface area contributed by atoms with Crippen molar-refractivity contribution in [2.45, 2.75) is 37.1 Å². The first-order valence-electron chi connectivity index (χ1n) is 9.79. The summed E-state index contributed by atoms with van der Waals surface area (Å²) in [4.78, 5) is 18.2. The maximum absolute atomic E-state index is 13.1. The van der Waals surface area contributed by atoms with Crippen molar-refractivity contribution in [3.05, 3.63) is 76.2 Å². The number of pyridine rings is 1. The van der Waals surface area contributed by atoms with Crippen molar-refractivity contribution in [1.29, 1.82) is 0 Å². The third-order valence-corrected chi connectivity index (χ3v) is 7.45. The average molecular weight is 442 g/mol. The van der Waals surface area contributed by atoms with Crippen molar-refractivity contribution in [3.8, 4) is 0 Å². The Balaban J connectivity index is 1.60. The summed E-state index contributed by atoms with van der Waals surface area (Å²) in [5.74, 6) is 0.0742. The lowest BCUT2D eigenvalue weighted by molar-refractivity contribution is -0.117. The molecule has 1 aliphatic heterocycles. The number of carbonyl (C=O) groups excluding carboxylic acids is 1. The number of aromatic nitrogens is 1. The summed E-state index contributed by atoms with van der Waals surface area (Å²) in [6.07, 6.45) is 3.56. The van der Waals surface area contributed by atoms with E-state index in [1.54, 1.807) is 46.7 Å². The van der Waals surface area contributed by atoms with E-state index in [0.717, 1.165) is 23.2 Å². The van der Waals surface area contributed by atoms with E-state index in [1.807, 2.05) is 35.9 Å². The highest BCUT2D eigenvalue weighted by Gasteiger charge is 2.25. The number of benzene rings is 1. The Morgan fingerprint density at radius 2 is 2.00 bits per heavy atom. The van der Waals surface area contributed by atoms with Crippen molar-refractivity contribution >= 4 is 33.0 Å². The first-order valence-corrected chi connectivity index (χ1v) is 12.2. The third kappa shape index (κ3) is 4.45. The molecule has 3 aromatic rings. The maximum atomic E-state index is 13.1. The summed E-state index contributed by atoms with van der Waals surface area (Å²) in [7, 11) is -3.77. The molecule has 1 aromatic carbocycles. The Kier molecular flexibility index (Phi) is 5.99. The van der Waals surface area contributed by atoms with Gasteiger partial charge in [0.15, 0.2) is 0 Å². The predicted molar refractivity (Wildman–Crippen MR) is 118 cm³/mol. The number of rotatable bonds is 7. The normalized spacial score (nSPS) is 15.5. The Hall–Kier alpha value is -2.55. The zero-order valence-electron chi connectivity index (χ0n) is 16.6. The van der Waals surface area contributed by atoms with Gasteiger partial charge >= 0.3 is 0 Å². The highest BCUT2D eigenvalue weighted by atomic mass is 32.2. The van der Waals surface area contributed by atoms with Crippen LogP contribution in [0.5, 0.6) is 0 Å². The molecule has 0 unspecified atom stereocenters. The fraction of sp³-hybridized carbons (Fsp3) is 0.273. The maximum Gasteiger partial charge on any atom is 0.241 e. The van der Waals surface area contributed by atoms with E-state index >= 15 is 0 Å². The summed E-state index contributed by atoms with van der Waals surface area (Å²) in [6.45, 7) is 2.60. The van der Waals surface area contributed by atoms with Gasteiger partial charge in [-0.25, -0.2) is 13.1 Å². The van der Waals surface area contributed by atoms with Crippen LogP contribution >= 0.6 is 11.3 Å². The lowest BCUT2D eigenvalue weighted by Crippen LogP contribution is -2.31. The van der Waals surface area contributed by atoms with Gasteiger partial charge in [-0.15, -0.1) is 0 Å². The van der Waals surface area contributed by atoms with Gasteiger partial charge in [0.1, 0.15) is 0 Å². The molecule has 1 atom stereocenters. The number of hydrogen-bond donors (Lipinski definition) is 1. The zero-order valence-corrected chi connectivity index (χ0v) is 18.2. The molecular weight excluding hydrogens is 418 g/mol. The van der Waals surface area contributed by atoms with Crippen molar-refractivity contribution in [2.24, 2.45) is 0 Å². The second-order valence-corrected chi connectivity index (χ2v) is 9.85. The monoisotopic (exact) mass is 441 g/mol. The molecule has 0 saturated carbocycles. The summed E-state index contributed by atoms with van der Waals surface area (Å²) < 4.78 is 29.1. The molecule has 6 nitrogen and oxygen atoms in total. The number of sulfonamides is 1. The van der Waals surface area contributed by atoms with Gasteiger partial charge in [-0.2, -0.15) is 11.3 Å². The summed E-state index contributed by atoms with van der Waals surface area (Å²) in [6, 6.07) is 11.8. The predicted octanol–water partition coefficient (Wildman–Crippen LogP) is 3.84. The molecular formula is C22H23N3O3S2. The number of amides is 1. The minimum atomic E-state index is -3.77. The molecule has 2 aromatic heterocycles. The summed E-state index contributed by atoms with van der Waals surface area (Å²) in [5, 5.41) is 3.99. The van der Waals surface area contributed by atoms with Crippen LogP contribution in [0.4, 0.5) is 5.69 Å². The van der Waals surface area contributed by atoms with Gasteiger partial charge in [0.25, 0.3) is 0 Å². The molecule has 0 radical (unpaired) electrons. The smallest absolute Gasteiger partial charge is 0.241 e. The summed E-state index contributed by atoms with van der Waals surface area (Å²) in [5.41, 5.74) is 3.43. The topological polar surface area (TPSA) is 79.4 Å². The Labute approximate surface area is 180 Å². The molecule has 1 saturated heterocycles. The molecule has 30 heavy (non-hydrogen) atoms. The van der Waals surface area contributed by atoms with Crippen molar-refractivity contribution in [3.63, 3.8) is 0 Å². The lowest BCUT2D eigenvalue weighted by Gasteiger charge is -2.20. The molecule has 3 heterocycles. The highest BCUT2D eigenvalue weighted by Crippen LogP contribution is 2.26. The second kappa shape index (κ2) is 8.67. The van der Waals surface area contributed by atoms with Crippen molar-refractivity contribution in [1.82, 2.24) is 9.71 Å². The van der Waals surface area contributed by atoms with Crippen LogP contribution in [0.1, 0.15) is 35.7 Å². The molecule has 4 rings (SSSR count). The van der Waals surface area contributed by atoms with Gasteiger partial charge in [0, 0.05) is 24.8 Å². The summed E-state index contributed by atoms with van der Waals surface area (Å²) >= 11 is 1.58. The fourth-order valence-electron chi connectivity index (χ4n) is 3.68. The van der Waals surface area contributed by atoms with Crippen LogP contribution in [-0.2, 0) is 21.2 Å². The number of nitrogens with zero attached hydrogens (tertiary/aromatic N) is 2.